The molecule has 37 heavy (non-hydrogen) atoms. The number of hydrogen-bond donors (Lipinski definition) is 2. The van der Waals surface area contributed by atoms with Crippen LogP contribution in [0.5, 0.6) is 0 Å². The molecule has 2 heterocycles. The number of carbonyl (C=O) groups is 1. The van der Waals surface area contributed by atoms with Gasteiger partial charge in [0.25, 0.3) is 0 Å². The molecular weight excluding hydrogens is 485 g/mol. The summed E-state index contributed by atoms with van der Waals surface area (Å²) >= 11 is 0. The summed E-state index contributed by atoms with van der Waals surface area (Å²) in [6, 6.07) is 6.06. The van der Waals surface area contributed by atoms with Crippen molar-refractivity contribution in [1.82, 2.24) is 15.5 Å². The third kappa shape index (κ3) is 6.71. The van der Waals surface area contributed by atoms with Gasteiger partial charge in [0.1, 0.15) is 11.3 Å². The maximum absolute atomic E-state index is 13.5. The van der Waals surface area contributed by atoms with Gasteiger partial charge in [0.2, 0.25) is 0 Å². The molecule has 204 valence electrons. The van der Waals surface area contributed by atoms with Crippen molar-refractivity contribution in [2.75, 3.05) is 25.5 Å². The van der Waals surface area contributed by atoms with Crippen LogP contribution >= 0.6 is 0 Å². The van der Waals surface area contributed by atoms with Crippen molar-refractivity contribution in [3.05, 3.63) is 46.7 Å². The molecule has 2 N–H and O–H groups in total. The monoisotopic (exact) mass is 522 g/mol. The zero-order valence-electron chi connectivity index (χ0n) is 22.0. The summed E-state index contributed by atoms with van der Waals surface area (Å²) in [4.78, 5) is 19.7. The van der Waals surface area contributed by atoms with Gasteiger partial charge in [0.15, 0.2) is 0 Å². The Kier molecular flexibility index (Phi) is 7.96. The number of benzene rings is 1. The number of allylic oxidation sites excluding steroid dienone is 3. The Morgan fingerprint density at radius 3 is 2.57 bits per heavy atom. The zero-order valence-corrected chi connectivity index (χ0v) is 22.0. The predicted molar refractivity (Wildman–Crippen MR) is 136 cm³/mol. The number of carbonyl (C=O) groups excluding carboxylic acids is 1. The van der Waals surface area contributed by atoms with Gasteiger partial charge in [-0.05, 0) is 88.6 Å². The molecule has 10 heteroatoms. The first kappa shape index (κ1) is 27.2. The SMILES string of the molecule is CON1NC(C(F)(F)F)=CC2=C1c1ccc(N[C@@H]3CCCN(C(=O)OC(C)(C)C)C3)cc1CCCCC2. The van der Waals surface area contributed by atoms with Crippen LogP contribution in [0, 0.1) is 0 Å². The van der Waals surface area contributed by atoms with Crippen molar-refractivity contribution < 1.29 is 27.5 Å². The number of anilines is 1. The highest BCUT2D eigenvalue weighted by Gasteiger charge is 2.39. The molecule has 0 radical (unpaired) electrons. The van der Waals surface area contributed by atoms with Crippen LogP contribution in [0.3, 0.4) is 0 Å². The fourth-order valence-corrected chi connectivity index (χ4v) is 5.08. The lowest BCUT2D eigenvalue weighted by atomic mass is 9.95. The first-order valence-corrected chi connectivity index (χ1v) is 13.0. The summed E-state index contributed by atoms with van der Waals surface area (Å²) < 4.78 is 46.1. The van der Waals surface area contributed by atoms with Crippen molar-refractivity contribution in [3.8, 4) is 0 Å². The van der Waals surface area contributed by atoms with Crippen LogP contribution in [0.4, 0.5) is 23.7 Å². The van der Waals surface area contributed by atoms with Gasteiger partial charge in [-0.2, -0.15) is 18.3 Å². The number of alkyl halides is 3. The van der Waals surface area contributed by atoms with Crippen LogP contribution in [-0.4, -0.2) is 54.2 Å². The molecule has 1 aliphatic carbocycles. The molecule has 2 aliphatic heterocycles. The standard InChI is InChI=1S/C27H37F3N4O3/c1-26(2,3)37-25(35)33-14-8-11-21(17-33)31-20-12-13-22-18(15-20)9-6-5-7-10-19-16-23(27(28,29)30)32-34(36-4)24(19)22/h12-13,15-16,21,31-32H,5-11,14,17H2,1-4H3/t21-/m1/s1. The molecule has 0 unspecified atom stereocenters. The van der Waals surface area contributed by atoms with E-state index in [1.807, 2.05) is 32.9 Å². The Morgan fingerprint density at radius 1 is 1.11 bits per heavy atom. The minimum absolute atomic E-state index is 0.0783. The lowest BCUT2D eigenvalue weighted by Gasteiger charge is -2.35. The topological polar surface area (TPSA) is 66.1 Å². The lowest BCUT2D eigenvalue weighted by molar-refractivity contribution is -0.149. The lowest BCUT2D eigenvalue weighted by Crippen LogP contribution is -2.47. The van der Waals surface area contributed by atoms with Gasteiger partial charge in [-0.15, -0.1) is 0 Å². The summed E-state index contributed by atoms with van der Waals surface area (Å²) in [5.74, 6) is 0. The second-order valence-electron chi connectivity index (χ2n) is 10.9. The second kappa shape index (κ2) is 10.8. The van der Waals surface area contributed by atoms with Crippen LogP contribution in [0.15, 0.2) is 35.5 Å². The number of hydrogen-bond acceptors (Lipinski definition) is 6. The number of nitrogens with one attached hydrogen (secondary N) is 2. The Morgan fingerprint density at radius 2 is 1.86 bits per heavy atom. The van der Waals surface area contributed by atoms with Crippen molar-refractivity contribution in [2.24, 2.45) is 0 Å². The highest BCUT2D eigenvalue weighted by molar-refractivity contribution is 5.74. The summed E-state index contributed by atoms with van der Waals surface area (Å²) in [6.45, 7) is 6.79. The average Bonchev–Trinajstić information content (AvgIpc) is 2.90. The van der Waals surface area contributed by atoms with Gasteiger partial charge in [0.05, 0.1) is 12.8 Å². The highest BCUT2D eigenvalue weighted by atomic mass is 19.4. The van der Waals surface area contributed by atoms with Gasteiger partial charge in [0, 0.05) is 30.4 Å². The molecule has 1 atom stereocenters. The Bertz CT molecular complexity index is 1060. The van der Waals surface area contributed by atoms with E-state index in [1.54, 1.807) is 4.90 Å². The van der Waals surface area contributed by atoms with E-state index in [4.69, 9.17) is 9.57 Å². The molecule has 0 bridgehead atoms. The fourth-order valence-electron chi connectivity index (χ4n) is 5.08. The largest absolute Gasteiger partial charge is 0.444 e. The number of aryl methyl sites for hydroxylation is 1. The van der Waals surface area contributed by atoms with Gasteiger partial charge >= 0.3 is 12.3 Å². The van der Waals surface area contributed by atoms with Gasteiger partial charge < -0.3 is 15.0 Å². The molecular formula is C27H37F3N4O3. The van der Waals surface area contributed by atoms with E-state index in [-0.39, 0.29) is 12.1 Å². The number of amides is 1. The first-order chi connectivity index (χ1) is 17.4. The van der Waals surface area contributed by atoms with E-state index in [1.165, 1.54) is 13.2 Å². The highest BCUT2D eigenvalue weighted by Crippen LogP contribution is 2.38. The number of ether oxygens (including phenoxy) is 1. The average molecular weight is 523 g/mol. The van der Waals surface area contributed by atoms with Gasteiger partial charge in [-0.3, -0.25) is 10.3 Å². The van der Waals surface area contributed by atoms with E-state index >= 15 is 0 Å². The number of hydroxylamine groups is 1. The van der Waals surface area contributed by atoms with E-state index in [0.717, 1.165) is 60.5 Å². The van der Waals surface area contributed by atoms with Gasteiger partial charge in [-0.25, -0.2) is 4.79 Å². The number of hydrazine groups is 1. The van der Waals surface area contributed by atoms with Crippen molar-refractivity contribution in [2.45, 2.75) is 83.5 Å². The number of halogens is 3. The zero-order chi connectivity index (χ0) is 26.8. The van der Waals surface area contributed by atoms with Crippen molar-refractivity contribution in [3.63, 3.8) is 0 Å². The van der Waals surface area contributed by atoms with Crippen molar-refractivity contribution in [1.29, 1.82) is 0 Å². The van der Waals surface area contributed by atoms with Crippen LogP contribution < -0.4 is 10.7 Å². The van der Waals surface area contributed by atoms with Crippen LogP contribution in [0.2, 0.25) is 0 Å². The molecule has 0 aromatic heterocycles. The van der Waals surface area contributed by atoms with Crippen LogP contribution in [0.25, 0.3) is 5.70 Å². The van der Waals surface area contributed by atoms with Crippen LogP contribution in [0.1, 0.15) is 70.4 Å². The first-order valence-electron chi connectivity index (χ1n) is 13.0. The van der Waals surface area contributed by atoms with E-state index in [0.29, 0.717) is 30.8 Å². The molecule has 0 saturated carbocycles. The molecule has 1 fully saturated rings. The molecule has 4 rings (SSSR count). The van der Waals surface area contributed by atoms with Crippen LogP contribution in [-0.2, 0) is 16.0 Å². The summed E-state index contributed by atoms with van der Waals surface area (Å²) in [5, 5.41) is 4.70. The number of piperidine rings is 1. The number of fused-ring (bicyclic) bond motifs is 2. The minimum atomic E-state index is -4.50. The summed E-state index contributed by atoms with van der Waals surface area (Å²) in [6.07, 6.45) is 2.24. The smallest absolute Gasteiger partial charge is 0.432 e. The molecule has 1 saturated heterocycles. The van der Waals surface area contributed by atoms with E-state index in [9.17, 15) is 18.0 Å². The molecule has 1 aromatic carbocycles. The number of rotatable bonds is 3. The molecule has 3 aliphatic rings. The summed E-state index contributed by atoms with van der Waals surface area (Å²) in [7, 11) is 1.36. The maximum Gasteiger partial charge on any atom is 0.432 e. The predicted octanol–water partition coefficient (Wildman–Crippen LogP) is 6.15. The molecule has 1 aromatic rings. The maximum atomic E-state index is 13.5. The Hall–Kier alpha value is -2.88. The van der Waals surface area contributed by atoms with Crippen molar-refractivity contribution >= 4 is 17.5 Å². The Labute approximate surface area is 216 Å². The van der Waals surface area contributed by atoms with Gasteiger partial charge in [-0.1, -0.05) is 12.5 Å². The Balaban J connectivity index is 1.59. The second-order valence-corrected chi connectivity index (χ2v) is 10.9. The minimum Gasteiger partial charge on any atom is -0.444 e. The molecule has 1 amide bonds. The third-order valence-electron chi connectivity index (χ3n) is 6.73. The van der Waals surface area contributed by atoms with E-state index < -0.39 is 17.5 Å². The third-order valence-corrected chi connectivity index (χ3v) is 6.73. The molecule has 0 spiro atoms. The normalized spacial score (nSPS) is 21.1. The number of nitrogens with zero attached hydrogens (tertiary/aromatic N) is 2. The molecule has 7 nitrogen and oxygen atoms in total. The fraction of sp³-hybridized carbons (Fsp3) is 0.593. The van der Waals surface area contributed by atoms with E-state index in [2.05, 4.69) is 16.8 Å². The number of likely N-dealkylation sites (tertiary alicyclic amines) is 1. The summed E-state index contributed by atoms with van der Waals surface area (Å²) in [5.41, 5.74) is 5.07. The quantitative estimate of drug-likeness (QED) is 0.496.